The summed E-state index contributed by atoms with van der Waals surface area (Å²) in [6.07, 6.45) is 1.19. The van der Waals surface area contributed by atoms with Gasteiger partial charge in [-0.15, -0.1) is 14.7 Å². The van der Waals surface area contributed by atoms with Crippen molar-refractivity contribution in [2.75, 3.05) is 33.2 Å². The highest BCUT2D eigenvalue weighted by Gasteiger charge is 2.22. The number of nitroso groups, excluding NO2 is 3. The van der Waals surface area contributed by atoms with Gasteiger partial charge < -0.3 is 0 Å². The van der Waals surface area contributed by atoms with E-state index in [0.717, 1.165) is 11.1 Å². The van der Waals surface area contributed by atoms with Gasteiger partial charge in [0, 0.05) is 13.6 Å². The summed E-state index contributed by atoms with van der Waals surface area (Å²) in [4.78, 5) is 33.5. The molecule has 0 unspecified atom stereocenters. The molecule has 2 aromatic rings. The molecule has 0 amide bonds. The fourth-order valence-corrected chi connectivity index (χ4v) is 3.09. The second kappa shape index (κ2) is 12.2. The first-order valence-electron chi connectivity index (χ1n) is 9.46. The van der Waals surface area contributed by atoms with Gasteiger partial charge in [0.2, 0.25) is 0 Å². The van der Waals surface area contributed by atoms with E-state index in [1.807, 2.05) is 60.7 Å². The topological polar surface area (TPSA) is 98.0 Å². The van der Waals surface area contributed by atoms with E-state index >= 15 is 0 Å². The minimum atomic E-state index is -0.361. The van der Waals surface area contributed by atoms with Crippen LogP contribution in [0.1, 0.15) is 11.1 Å². The van der Waals surface area contributed by atoms with Gasteiger partial charge in [0.25, 0.3) is 0 Å². The molecule has 0 N–H and O–H groups in total. The minimum absolute atomic E-state index is 0.216. The fraction of sp³-hybridized carbons (Fsp3) is 0.400. The summed E-state index contributed by atoms with van der Waals surface area (Å²) in [6, 6.07) is 19.1. The maximum atomic E-state index is 11.5. The third-order valence-electron chi connectivity index (χ3n) is 4.66. The van der Waals surface area contributed by atoms with Crippen LogP contribution in [0.5, 0.6) is 0 Å². The van der Waals surface area contributed by atoms with Gasteiger partial charge in [-0.1, -0.05) is 60.7 Å². The van der Waals surface area contributed by atoms with Crippen LogP contribution in [0.25, 0.3) is 0 Å². The van der Waals surface area contributed by atoms with Gasteiger partial charge >= 0.3 is 0 Å². The number of nitrogens with zero attached hydrogens (tertiary/aromatic N) is 6. The van der Waals surface area contributed by atoms with E-state index < -0.39 is 0 Å². The highest BCUT2D eigenvalue weighted by atomic mass is 16.3. The summed E-state index contributed by atoms with van der Waals surface area (Å²) < 4.78 is 0. The van der Waals surface area contributed by atoms with Crippen LogP contribution < -0.4 is 0 Å². The Balaban J connectivity index is 1.97. The standard InChI is InChI=1S/C20H26N6O3/c1-24(21-27)17-20(16-19-10-6-3-7-11-19)26(23-29)15-14-25(22-28)13-12-18-8-4-2-5-9-18/h2-11,20H,12-17H2,1H3/t20-/m0/s1. The Morgan fingerprint density at radius 1 is 0.759 bits per heavy atom. The van der Waals surface area contributed by atoms with Crippen molar-refractivity contribution in [3.63, 3.8) is 0 Å². The Hall–Kier alpha value is -3.36. The van der Waals surface area contributed by atoms with Gasteiger partial charge in [-0.2, -0.15) is 0 Å². The van der Waals surface area contributed by atoms with Gasteiger partial charge in [0.1, 0.15) is 0 Å². The molecule has 2 aromatic carbocycles. The first-order valence-corrected chi connectivity index (χ1v) is 9.46. The van der Waals surface area contributed by atoms with Gasteiger partial charge in [0.15, 0.2) is 0 Å². The molecule has 0 aliphatic heterocycles. The zero-order valence-electron chi connectivity index (χ0n) is 16.5. The Labute approximate surface area is 170 Å². The van der Waals surface area contributed by atoms with Gasteiger partial charge in [0.05, 0.1) is 41.5 Å². The van der Waals surface area contributed by atoms with Crippen molar-refractivity contribution >= 4 is 0 Å². The molecule has 0 radical (unpaired) electrons. The summed E-state index contributed by atoms with van der Waals surface area (Å²) in [6.45, 7) is 1.15. The molecule has 9 heteroatoms. The molecule has 0 aromatic heterocycles. The molecule has 0 saturated carbocycles. The molecular weight excluding hydrogens is 372 g/mol. The molecule has 0 aliphatic carbocycles. The molecule has 0 spiro atoms. The van der Waals surface area contributed by atoms with Crippen molar-refractivity contribution in [3.8, 4) is 0 Å². The summed E-state index contributed by atoms with van der Waals surface area (Å²) in [5, 5.41) is 13.1. The summed E-state index contributed by atoms with van der Waals surface area (Å²) >= 11 is 0. The zero-order valence-corrected chi connectivity index (χ0v) is 16.5. The predicted molar refractivity (Wildman–Crippen MR) is 112 cm³/mol. The van der Waals surface area contributed by atoms with E-state index in [1.165, 1.54) is 15.0 Å². The molecule has 154 valence electrons. The number of benzene rings is 2. The lowest BCUT2D eigenvalue weighted by atomic mass is 10.1. The Morgan fingerprint density at radius 2 is 1.38 bits per heavy atom. The van der Waals surface area contributed by atoms with Crippen molar-refractivity contribution in [2.24, 2.45) is 15.9 Å². The Bertz CT molecular complexity index is 746. The second-order valence-electron chi connectivity index (χ2n) is 6.78. The van der Waals surface area contributed by atoms with Crippen molar-refractivity contribution < 1.29 is 0 Å². The number of hydrogen-bond donors (Lipinski definition) is 0. The van der Waals surface area contributed by atoms with E-state index in [9.17, 15) is 14.7 Å². The number of hydrogen-bond acceptors (Lipinski definition) is 6. The number of likely N-dealkylation sites (N-methyl/N-ethyl adjacent to an activating group) is 1. The van der Waals surface area contributed by atoms with Gasteiger partial charge in [-0.3, -0.25) is 15.0 Å². The van der Waals surface area contributed by atoms with Crippen LogP contribution >= 0.6 is 0 Å². The van der Waals surface area contributed by atoms with Crippen LogP contribution in [-0.4, -0.2) is 54.3 Å². The van der Waals surface area contributed by atoms with Crippen LogP contribution in [0.4, 0.5) is 0 Å². The van der Waals surface area contributed by atoms with Gasteiger partial charge in [-0.05, 0) is 24.0 Å². The Kier molecular flexibility index (Phi) is 9.20. The lowest BCUT2D eigenvalue weighted by molar-refractivity contribution is 0.132. The molecule has 29 heavy (non-hydrogen) atoms. The summed E-state index contributed by atoms with van der Waals surface area (Å²) in [5.41, 5.74) is 2.12. The monoisotopic (exact) mass is 398 g/mol. The average molecular weight is 398 g/mol. The van der Waals surface area contributed by atoms with Crippen LogP contribution in [0.2, 0.25) is 0 Å². The smallest absolute Gasteiger partial charge is 0.0736 e. The predicted octanol–water partition coefficient (Wildman–Crippen LogP) is 3.42. The lowest BCUT2D eigenvalue weighted by Gasteiger charge is -2.29. The van der Waals surface area contributed by atoms with Crippen molar-refractivity contribution in [1.29, 1.82) is 0 Å². The average Bonchev–Trinajstić information content (AvgIpc) is 2.77. The molecular formula is C20H26N6O3. The molecule has 1 atom stereocenters. The Morgan fingerprint density at radius 3 is 1.93 bits per heavy atom. The van der Waals surface area contributed by atoms with Crippen molar-refractivity contribution in [3.05, 3.63) is 86.5 Å². The highest BCUT2D eigenvalue weighted by Crippen LogP contribution is 2.12. The van der Waals surface area contributed by atoms with Crippen molar-refractivity contribution in [1.82, 2.24) is 15.0 Å². The van der Waals surface area contributed by atoms with E-state index in [1.54, 1.807) is 7.05 Å². The third kappa shape index (κ3) is 7.65. The number of rotatable bonds is 14. The van der Waals surface area contributed by atoms with Crippen LogP contribution in [0.15, 0.2) is 76.5 Å². The SMILES string of the molecule is CN(C[C@H](Cc1ccccc1)N(CCN(CCc1ccccc1)N=O)N=O)N=O. The fourth-order valence-electron chi connectivity index (χ4n) is 3.09. The van der Waals surface area contributed by atoms with Crippen molar-refractivity contribution in [2.45, 2.75) is 18.9 Å². The maximum absolute atomic E-state index is 11.5. The molecule has 2 rings (SSSR count). The van der Waals surface area contributed by atoms with E-state index in [4.69, 9.17) is 0 Å². The zero-order chi connectivity index (χ0) is 20.9. The van der Waals surface area contributed by atoms with Crippen LogP contribution in [0, 0.1) is 14.7 Å². The molecule has 0 bridgehead atoms. The first-order chi connectivity index (χ1) is 14.2. The van der Waals surface area contributed by atoms with Crippen LogP contribution in [0.3, 0.4) is 0 Å². The minimum Gasteiger partial charge on any atom is -0.262 e. The van der Waals surface area contributed by atoms with E-state index in [0.29, 0.717) is 19.4 Å². The van der Waals surface area contributed by atoms with Crippen LogP contribution in [-0.2, 0) is 12.8 Å². The maximum Gasteiger partial charge on any atom is 0.0736 e. The molecule has 0 aliphatic rings. The normalized spacial score (nSPS) is 11.3. The molecule has 0 saturated heterocycles. The first kappa shape index (κ1) is 21.9. The second-order valence-corrected chi connectivity index (χ2v) is 6.78. The molecule has 0 heterocycles. The third-order valence-corrected chi connectivity index (χ3v) is 4.66. The lowest BCUT2D eigenvalue weighted by Crippen LogP contribution is -2.43. The molecule has 9 nitrogen and oxygen atoms in total. The highest BCUT2D eigenvalue weighted by molar-refractivity contribution is 5.16. The summed E-state index contributed by atoms with van der Waals surface area (Å²) in [5.74, 6) is 0. The van der Waals surface area contributed by atoms with E-state index in [2.05, 4.69) is 15.9 Å². The van der Waals surface area contributed by atoms with E-state index in [-0.39, 0.29) is 25.7 Å². The van der Waals surface area contributed by atoms with Gasteiger partial charge in [-0.25, -0.2) is 0 Å². The molecule has 0 fully saturated rings. The quantitative estimate of drug-likeness (QED) is 0.357. The summed E-state index contributed by atoms with van der Waals surface area (Å²) in [7, 11) is 1.55. The largest absolute Gasteiger partial charge is 0.262 e.